The van der Waals surface area contributed by atoms with Crippen molar-refractivity contribution in [2.24, 2.45) is 0 Å². The minimum Gasteiger partial charge on any atom is -0.554 e. The molecule has 0 amide bonds. The average molecular weight is 652 g/mol. The Bertz CT molecular complexity index is 810. The van der Waals surface area contributed by atoms with Gasteiger partial charge in [0.2, 0.25) is 0 Å². The van der Waals surface area contributed by atoms with E-state index in [1.54, 1.807) is 0 Å². The van der Waals surface area contributed by atoms with Crippen molar-refractivity contribution in [2.45, 2.75) is 0 Å². The predicted octanol–water partition coefficient (Wildman–Crippen LogP) is -3.64. The van der Waals surface area contributed by atoms with Crippen molar-refractivity contribution in [1.82, 2.24) is 0 Å². The van der Waals surface area contributed by atoms with E-state index in [1.807, 2.05) is 0 Å². The molecule has 4 aromatic carbocycles. The normalized spacial score (nSPS) is 8.75. The molecule has 0 aromatic heterocycles. The quantitative estimate of drug-likeness (QED) is 0.169. The van der Waals surface area contributed by atoms with Gasteiger partial charge in [0.25, 0.3) is 0 Å². The minimum absolute atomic E-state index is 0.0287. The standard InChI is InChI=1S/2C12H10I.2CH2O2/c2*1-3-7-11(8-4-1)13-12-9-5-2-6-10-12;2*2-1-3/h2*1-10H;2*1H,(H,2,3)/q2*+1;;/p-2. The highest BCUT2D eigenvalue weighted by atomic mass is 127. The summed E-state index contributed by atoms with van der Waals surface area (Å²) < 4.78 is 5.92. The molecule has 164 valence electrons. The molecule has 4 nitrogen and oxygen atoms in total. The molecule has 0 aliphatic carbocycles. The van der Waals surface area contributed by atoms with Gasteiger partial charge in [-0.3, -0.25) is 0 Å². The van der Waals surface area contributed by atoms with Crippen LogP contribution in [0.1, 0.15) is 0 Å². The lowest BCUT2D eigenvalue weighted by atomic mass is 10.4. The molecule has 4 rings (SSSR count). The number of carbonyl (C=O) groups is 2. The predicted molar refractivity (Wildman–Crippen MR) is 113 cm³/mol. The third kappa shape index (κ3) is 13.6. The van der Waals surface area contributed by atoms with E-state index in [2.05, 4.69) is 121 Å². The molecule has 0 spiro atoms. The SMILES string of the molecule is O=C[O-].O=C[O-].c1ccc([I+]c2ccccc2)cc1.c1ccc([I+]c2ccccc2)cc1. The summed E-state index contributed by atoms with van der Waals surface area (Å²) in [6.45, 7) is -1.00. The maximum Gasteiger partial charge on any atom is 0.357 e. The van der Waals surface area contributed by atoms with E-state index in [9.17, 15) is 0 Å². The van der Waals surface area contributed by atoms with Crippen LogP contribution in [0.5, 0.6) is 0 Å². The molecule has 32 heavy (non-hydrogen) atoms. The Kier molecular flexibility index (Phi) is 16.2. The molecular weight excluding hydrogens is 630 g/mol. The first-order chi connectivity index (χ1) is 15.7. The molecule has 0 fully saturated rings. The lowest BCUT2D eigenvalue weighted by molar-refractivity contribution is -0.597. The number of hydrogen-bond acceptors (Lipinski definition) is 4. The Hall–Kier alpha value is -2.72. The number of carboxylic acid groups (broad SMARTS) is 2. The summed E-state index contributed by atoms with van der Waals surface area (Å²) in [5, 5.41) is 16.5. The molecule has 0 saturated carbocycles. The Balaban J connectivity index is 0.000000258. The van der Waals surface area contributed by atoms with Crippen LogP contribution in [-0.4, -0.2) is 12.9 Å². The molecule has 0 N–H and O–H groups in total. The van der Waals surface area contributed by atoms with E-state index in [4.69, 9.17) is 19.8 Å². The number of halogens is 2. The molecule has 0 aliphatic rings. The lowest BCUT2D eigenvalue weighted by Crippen LogP contribution is -3.61. The molecule has 4 aromatic rings. The van der Waals surface area contributed by atoms with Crippen LogP contribution < -0.4 is 52.6 Å². The van der Waals surface area contributed by atoms with Crippen LogP contribution in [0.25, 0.3) is 0 Å². The Labute approximate surface area is 209 Å². The fourth-order valence-corrected chi connectivity index (χ4v) is 6.70. The summed E-state index contributed by atoms with van der Waals surface area (Å²) in [5.41, 5.74) is 0. The molecule has 0 aliphatic heterocycles. The zero-order chi connectivity index (χ0) is 23.3. The van der Waals surface area contributed by atoms with E-state index in [-0.39, 0.29) is 42.4 Å². The average Bonchev–Trinajstić information content (AvgIpc) is 2.83. The Morgan fingerprint density at radius 2 is 0.562 bits per heavy atom. The van der Waals surface area contributed by atoms with Gasteiger partial charge in [-0.05, 0) is 48.5 Å². The van der Waals surface area contributed by atoms with Crippen LogP contribution in [0.15, 0.2) is 121 Å². The second-order valence-corrected chi connectivity index (χ2v) is 11.6. The summed E-state index contributed by atoms with van der Waals surface area (Å²) in [6, 6.07) is 42.8. The molecule has 0 radical (unpaired) electrons. The highest BCUT2D eigenvalue weighted by Gasteiger charge is 2.13. The Morgan fingerprint density at radius 1 is 0.406 bits per heavy atom. The number of benzene rings is 4. The molecule has 0 saturated heterocycles. The molecule has 6 heteroatoms. The third-order valence-corrected chi connectivity index (χ3v) is 8.74. The van der Waals surface area contributed by atoms with Gasteiger partial charge in [-0.25, -0.2) is 0 Å². The minimum atomic E-state index is -0.500. The number of hydrogen-bond donors (Lipinski definition) is 0. The van der Waals surface area contributed by atoms with E-state index in [0.717, 1.165) is 0 Å². The summed E-state index contributed by atoms with van der Waals surface area (Å²) in [4.78, 5) is 16.5. The van der Waals surface area contributed by atoms with Gasteiger partial charge >= 0.3 is 42.4 Å². The van der Waals surface area contributed by atoms with Crippen LogP contribution in [0, 0.1) is 14.3 Å². The highest BCUT2D eigenvalue weighted by molar-refractivity contribution is 5.29. The largest absolute Gasteiger partial charge is 0.554 e. The fourth-order valence-electron chi connectivity index (χ4n) is 2.16. The van der Waals surface area contributed by atoms with Gasteiger partial charge < -0.3 is 19.8 Å². The van der Waals surface area contributed by atoms with Crippen LogP contribution >= 0.6 is 0 Å². The first-order valence-corrected chi connectivity index (χ1v) is 13.7. The van der Waals surface area contributed by atoms with Crippen LogP contribution in [-0.2, 0) is 9.59 Å². The molecular formula is C26H22I2O4. The van der Waals surface area contributed by atoms with Gasteiger partial charge in [0, 0.05) is 12.9 Å². The van der Waals surface area contributed by atoms with Crippen LogP contribution in [0.2, 0.25) is 0 Å². The smallest absolute Gasteiger partial charge is 0.357 e. The zero-order valence-corrected chi connectivity index (χ0v) is 21.4. The first kappa shape index (κ1) is 27.3. The van der Waals surface area contributed by atoms with E-state index in [0.29, 0.717) is 0 Å². The maximum atomic E-state index is 8.25. The van der Waals surface area contributed by atoms with E-state index in [1.165, 1.54) is 14.3 Å². The summed E-state index contributed by atoms with van der Waals surface area (Å²) in [7, 11) is 0. The molecule has 0 unspecified atom stereocenters. The van der Waals surface area contributed by atoms with Crippen molar-refractivity contribution in [2.75, 3.05) is 0 Å². The van der Waals surface area contributed by atoms with Crippen molar-refractivity contribution in [3.8, 4) is 0 Å². The van der Waals surface area contributed by atoms with Gasteiger partial charge in [-0.1, -0.05) is 72.8 Å². The van der Waals surface area contributed by atoms with Crippen LogP contribution in [0.3, 0.4) is 0 Å². The fraction of sp³-hybridized carbons (Fsp3) is 0. The Morgan fingerprint density at radius 3 is 0.719 bits per heavy atom. The van der Waals surface area contributed by atoms with E-state index < -0.39 is 12.9 Å². The topological polar surface area (TPSA) is 80.3 Å². The second kappa shape index (κ2) is 19.0. The zero-order valence-electron chi connectivity index (χ0n) is 17.1. The summed E-state index contributed by atoms with van der Waals surface area (Å²) >= 11 is 0.0574. The monoisotopic (exact) mass is 652 g/mol. The van der Waals surface area contributed by atoms with E-state index >= 15 is 0 Å². The molecule has 0 heterocycles. The van der Waals surface area contributed by atoms with Crippen molar-refractivity contribution in [3.05, 3.63) is 136 Å². The van der Waals surface area contributed by atoms with Gasteiger partial charge in [0.15, 0.2) is 14.3 Å². The van der Waals surface area contributed by atoms with Crippen LogP contribution in [0.4, 0.5) is 0 Å². The summed E-state index contributed by atoms with van der Waals surface area (Å²) in [6.07, 6.45) is 0. The molecule has 0 atom stereocenters. The van der Waals surface area contributed by atoms with Gasteiger partial charge in [-0.2, -0.15) is 0 Å². The summed E-state index contributed by atoms with van der Waals surface area (Å²) in [5.74, 6) is 0. The van der Waals surface area contributed by atoms with Crippen molar-refractivity contribution in [1.29, 1.82) is 0 Å². The lowest BCUT2D eigenvalue weighted by Gasteiger charge is -1.84. The van der Waals surface area contributed by atoms with Gasteiger partial charge in [0.1, 0.15) is 0 Å². The maximum absolute atomic E-state index is 8.25. The third-order valence-electron chi connectivity index (χ3n) is 3.37. The number of carbonyl (C=O) groups excluding carboxylic acids is 2. The van der Waals surface area contributed by atoms with Crippen molar-refractivity contribution in [3.63, 3.8) is 0 Å². The van der Waals surface area contributed by atoms with Crippen molar-refractivity contribution >= 4 is 12.9 Å². The van der Waals surface area contributed by atoms with Gasteiger partial charge in [-0.15, -0.1) is 0 Å². The molecule has 0 bridgehead atoms. The van der Waals surface area contributed by atoms with Crippen molar-refractivity contribution < 1.29 is 62.2 Å². The number of rotatable bonds is 4. The second-order valence-electron chi connectivity index (χ2n) is 5.56. The van der Waals surface area contributed by atoms with Gasteiger partial charge in [0.05, 0.1) is 0 Å². The highest BCUT2D eigenvalue weighted by Crippen LogP contribution is 1.86. The first-order valence-electron chi connectivity index (χ1n) is 9.34.